The fourth-order valence-electron chi connectivity index (χ4n) is 1.81. The van der Waals surface area contributed by atoms with Crippen molar-refractivity contribution < 1.29 is 19.8 Å². The van der Waals surface area contributed by atoms with Crippen LogP contribution in [0.15, 0.2) is 18.3 Å². The highest BCUT2D eigenvalue weighted by Crippen LogP contribution is 2.31. The predicted molar refractivity (Wildman–Crippen MR) is 62.2 cm³/mol. The first kappa shape index (κ1) is 12.3. The van der Waals surface area contributed by atoms with Crippen LogP contribution in [-0.2, 0) is 4.79 Å². The van der Waals surface area contributed by atoms with E-state index in [1.807, 2.05) is 0 Å². The molecule has 1 aromatic rings. The van der Waals surface area contributed by atoms with Gasteiger partial charge in [-0.15, -0.1) is 0 Å². The summed E-state index contributed by atoms with van der Waals surface area (Å²) in [7, 11) is 0. The summed E-state index contributed by atoms with van der Waals surface area (Å²) in [4.78, 5) is 28.3. The molecule has 0 radical (unpaired) electrons. The lowest BCUT2D eigenvalue weighted by Crippen LogP contribution is -2.45. The molecule has 1 unspecified atom stereocenters. The average molecular weight is 250 g/mol. The third-order valence-electron chi connectivity index (χ3n) is 2.94. The smallest absolute Gasteiger partial charge is 0.326 e. The highest BCUT2D eigenvalue weighted by Gasteiger charge is 2.39. The van der Waals surface area contributed by atoms with E-state index < -0.39 is 17.9 Å². The van der Waals surface area contributed by atoms with Crippen molar-refractivity contribution in [3.8, 4) is 5.75 Å². The van der Waals surface area contributed by atoms with Gasteiger partial charge in [-0.1, -0.05) is 0 Å². The third-order valence-corrected chi connectivity index (χ3v) is 2.94. The molecule has 6 heteroatoms. The van der Waals surface area contributed by atoms with E-state index in [-0.39, 0.29) is 17.5 Å². The van der Waals surface area contributed by atoms with Gasteiger partial charge in [0.25, 0.3) is 5.91 Å². The van der Waals surface area contributed by atoms with Gasteiger partial charge in [-0.2, -0.15) is 0 Å². The largest absolute Gasteiger partial charge is 0.505 e. The van der Waals surface area contributed by atoms with Crippen LogP contribution in [0, 0.1) is 0 Å². The summed E-state index contributed by atoms with van der Waals surface area (Å²) < 4.78 is 0. The third kappa shape index (κ3) is 2.27. The number of pyridine rings is 1. The molecular formula is C12H14N2O4. The summed E-state index contributed by atoms with van der Waals surface area (Å²) >= 11 is 0. The van der Waals surface area contributed by atoms with Crippen molar-refractivity contribution in [1.82, 2.24) is 9.88 Å². The molecule has 2 rings (SSSR count). The van der Waals surface area contributed by atoms with Crippen LogP contribution in [-0.4, -0.2) is 44.1 Å². The number of amides is 1. The van der Waals surface area contributed by atoms with Crippen molar-refractivity contribution in [3.05, 3.63) is 24.0 Å². The molecule has 1 heterocycles. The maximum Gasteiger partial charge on any atom is 0.326 e. The van der Waals surface area contributed by atoms with Crippen molar-refractivity contribution in [1.29, 1.82) is 0 Å². The van der Waals surface area contributed by atoms with Crippen LogP contribution in [0.25, 0.3) is 0 Å². The Hall–Kier alpha value is -2.11. The number of nitrogens with zero attached hydrogens (tertiary/aromatic N) is 2. The summed E-state index contributed by atoms with van der Waals surface area (Å²) in [5.41, 5.74) is -0.0995. The Morgan fingerprint density at radius 2 is 2.17 bits per heavy atom. The van der Waals surface area contributed by atoms with Crippen LogP contribution in [0.3, 0.4) is 0 Å². The number of carboxylic acid groups (broad SMARTS) is 1. The Bertz CT molecular complexity index is 485. The molecule has 1 amide bonds. The molecule has 1 fully saturated rings. The van der Waals surface area contributed by atoms with Gasteiger partial charge in [0.2, 0.25) is 0 Å². The van der Waals surface area contributed by atoms with E-state index in [1.54, 1.807) is 0 Å². The summed E-state index contributed by atoms with van der Waals surface area (Å²) in [6, 6.07) is 1.88. The van der Waals surface area contributed by atoms with Gasteiger partial charge in [-0.05, 0) is 31.9 Å². The summed E-state index contributed by atoms with van der Waals surface area (Å²) in [6.07, 6.45) is 2.97. The number of carboxylic acids is 1. The molecule has 6 nitrogen and oxygen atoms in total. The van der Waals surface area contributed by atoms with Crippen molar-refractivity contribution in [2.45, 2.75) is 31.8 Å². The average Bonchev–Trinajstić information content (AvgIpc) is 3.14. The molecule has 1 atom stereocenters. The number of carbonyl (C=O) groups excluding carboxylic acids is 1. The minimum atomic E-state index is -1.06. The minimum absolute atomic E-state index is 0.0648. The van der Waals surface area contributed by atoms with E-state index >= 15 is 0 Å². The predicted octanol–water partition coefficient (Wildman–Crippen LogP) is 0.865. The number of hydrogen-bond donors (Lipinski definition) is 2. The van der Waals surface area contributed by atoms with E-state index in [2.05, 4.69) is 4.98 Å². The van der Waals surface area contributed by atoms with Crippen LogP contribution in [0.2, 0.25) is 0 Å². The van der Waals surface area contributed by atoms with Gasteiger partial charge in [0.05, 0.1) is 0 Å². The van der Waals surface area contributed by atoms with E-state index in [0.717, 1.165) is 12.8 Å². The lowest BCUT2D eigenvalue weighted by Gasteiger charge is -2.26. The lowest BCUT2D eigenvalue weighted by molar-refractivity contribution is -0.141. The summed E-state index contributed by atoms with van der Waals surface area (Å²) in [5.74, 6) is -1.83. The second-order valence-electron chi connectivity index (χ2n) is 4.33. The Morgan fingerprint density at radius 3 is 2.67 bits per heavy atom. The summed E-state index contributed by atoms with van der Waals surface area (Å²) in [6.45, 7) is 1.46. The molecule has 18 heavy (non-hydrogen) atoms. The first-order valence-electron chi connectivity index (χ1n) is 5.72. The molecule has 0 aliphatic heterocycles. The normalized spacial score (nSPS) is 16.1. The van der Waals surface area contributed by atoms with Gasteiger partial charge >= 0.3 is 5.97 Å². The maximum absolute atomic E-state index is 12.2. The van der Waals surface area contributed by atoms with Gasteiger partial charge < -0.3 is 15.1 Å². The number of aromatic nitrogens is 1. The van der Waals surface area contributed by atoms with Crippen molar-refractivity contribution in [2.24, 2.45) is 0 Å². The van der Waals surface area contributed by atoms with Crippen LogP contribution in [0.4, 0.5) is 0 Å². The lowest BCUT2D eigenvalue weighted by atomic mass is 10.2. The molecule has 2 N–H and O–H groups in total. The molecule has 1 saturated carbocycles. The fraction of sp³-hybridized carbons (Fsp3) is 0.417. The molecule has 1 aliphatic carbocycles. The van der Waals surface area contributed by atoms with Crippen LogP contribution in [0.5, 0.6) is 5.75 Å². The van der Waals surface area contributed by atoms with Gasteiger partial charge in [-0.3, -0.25) is 4.79 Å². The summed E-state index contributed by atoms with van der Waals surface area (Å²) in [5, 5.41) is 18.6. The van der Waals surface area contributed by atoms with Crippen molar-refractivity contribution >= 4 is 11.9 Å². The van der Waals surface area contributed by atoms with Crippen molar-refractivity contribution in [3.63, 3.8) is 0 Å². The Morgan fingerprint density at radius 1 is 1.50 bits per heavy atom. The SMILES string of the molecule is CC(C(=O)O)N(C(=O)c1ncccc1O)C1CC1. The second kappa shape index (κ2) is 4.64. The van der Waals surface area contributed by atoms with Crippen molar-refractivity contribution in [2.75, 3.05) is 0 Å². The van der Waals surface area contributed by atoms with E-state index in [4.69, 9.17) is 5.11 Å². The van der Waals surface area contributed by atoms with Gasteiger partial charge in [0.15, 0.2) is 5.69 Å². The van der Waals surface area contributed by atoms with E-state index in [9.17, 15) is 14.7 Å². The van der Waals surface area contributed by atoms with Crippen LogP contribution in [0.1, 0.15) is 30.3 Å². The molecule has 96 valence electrons. The number of aromatic hydroxyl groups is 1. The first-order chi connectivity index (χ1) is 8.52. The monoisotopic (exact) mass is 250 g/mol. The first-order valence-corrected chi connectivity index (χ1v) is 5.72. The zero-order valence-electron chi connectivity index (χ0n) is 9.91. The molecule has 1 aliphatic rings. The highest BCUT2D eigenvalue weighted by atomic mass is 16.4. The number of hydrogen-bond acceptors (Lipinski definition) is 4. The van der Waals surface area contributed by atoms with Crippen LogP contribution >= 0.6 is 0 Å². The second-order valence-corrected chi connectivity index (χ2v) is 4.33. The Balaban J connectivity index is 2.29. The van der Waals surface area contributed by atoms with E-state index in [0.29, 0.717) is 0 Å². The van der Waals surface area contributed by atoms with Crippen LogP contribution < -0.4 is 0 Å². The quantitative estimate of drug-likeness (QED) is 0.827. The highest BCUT2D eigenvalue weighted by molar-refractivity contribution is 5.97. The molecule has 1 aromatic heterocycles. The molecule has 0 aromatic carbocycles. The molecule has 0 spiro atoms. The Kier molecular flexibility index (Phi) is 3.18. The zero-order chi connectivity index (χ0) is 13.3. The maximum atomic E-state index is 12.2. The molecule has 0 saturated heterocycles. The Labute approximate surface area is 104 Å². The van der Waals surface area contributed by atoms with Gasteiger partial charge in [0, 0.05) is 12.2 Å². The number of carbonyl (C=O) groups is 2. The minimum Gasteiger partial charge on any atom is -0.505 e. The topological polar surface area (TPSA) is 90.7 Å². The zero-order valence-corrected chi connectivity index (χ0v) is 9.91. The molecular weight excluding hydrogens is 236 g/mol. The van der Waals surface area contributed by atoms with Gasteiger partial charge in [-0.25, -0.2) is 9.78 Å². The number of rotatable bonds is 4. The van der Waals surface area contributed by atoms with E-state index in [1.165, 1.54) is 30.2 Å². The standard InChI is InChI=1S/C12H14N2O4/c1-7(12(17)18)14(8-4-5-8)11(16)10-9(15)3-2-6-13-10/h2-3,6-8,15H,4-5H2,1H3,(H,17,18). The fourth-order valence-corrected chi connectivity index (χ4v) is 1.81. The molecule has 0 bridgehead atoms. The number of aliphatic carboxylic acids is 1. The van der Waals surface area contributed by atoms with Gasteiger partial charge in [0.1, 0.15) is 11.8 Å².